The molecule has 0 spiro atoms. The molecule has 1 aliphatic heterocycles. The maximum Gasteiger partial charge on any atom is 0.265 e. The highest BCUT2D eigenvalue weighted by atomic mass is 32.2. The predicted molar refractivity (Wildman–Crippen MR) is 129 cm³/mol. The van der Waals surface area contributed by atoms with Crippen molar-refractivity contribution in [2.24, 2.45) is 0 Å². The maximum absolute atomic E-state index is 13.2. The number of nitriles is 1. The van der Waals surface area contributed by atoms with Gasteiger partial charge in [0.1, 0.15) is 5.75 Å². The highest BCUT2D eigenvalue weighted by Gasteiger charge is 2.28. The number of rotatable bonds is 9. The smallest absolute Gasteiger partial charge is 0.265 e. The van der Waals surface area contributed by atoms with Crippen molar-refractivity contribution in [2.75, 3.05) is 49.6 Å². The number of benzene rings is 2. The van der Waals surface area contributed by atoms with Crippen LogP contribution in [-0.2, 0) is 19.6 Å². The predicted octanol–water partition coefficient (Wildman–Crippen LogP) is 2.83. The summed E-state index contributed by atoms with van der Waals surface area (Å²) in [5.41, 5.74) is 1.62. The topological polar surface area (TPSA) is 112 Å². The highest BCUT2D eigenvalue weighted by Crippen LogP contribution is 2.31. The zero-order valence-corrected chi connectivity index (χ0v) is 20.5. The molecule has 10 heteroatoms. The number of carbonyl (C=O) groups is 1. The van der Waals surface area contributed by atoms with E-state index in [1.807, 2.05) is 24.8 Å². The van der Waals surface area contributed by atoms with E-state index >= 15 is 0 Å². The second-order valence-electron chi connectivity index (χ2n) is 7.75. The zero-order valence-electron chi connectivity index (χ0n) is 19.7. The SMILES string of the molecule is CCN(CC)c1ccc(S(=O)(=O)N2CCOCC2)cc1NC(=O)C(C)Oc1ccc(C#N)cc1. The highest BCUT2D eigenvalue weighted by molar-refractivity contribution is 7.89. The molecule has 1 N–H and O–H groups in total. The first kappa shape index (κ1) is 25.5. The summed E-state index contributed by atoms with van der Waals surface area (Å²) in [7, 11) is -3.73. The molecule has 0 aromatic heterocycles. The number of hydrogen-bond donors (Lipinski definition) is 1. The van der Waals surface area contributed by atoms with E-state index < -0.39 is 22.0 Å². The van der Waals surface area contributed by atoms with Gasteiger partial charge < -0.3 is 19.7 Å². The van der Waals surface area contributed by atoms with E-state index in [4.69, 9.17) is 14.7 Å². The first-order valence-electron chi connectivity index (χ1n) is 11.2. The summed E-state index contributed by atoms with van der Waals surface area (Å²) in [5.74, 6) is 0.0351. The molecular formula is C24H30N4O5S. The lowest BCUT2D eigenvalue weighted by molar-refractivity contribution is -0.122. The molecule has 0 bridgehead atoms. The fourth-order valence-corrected chi connectivity index (χ4v) is 5.09. The number of anilines is 2. The Bertz CT molecular complexity index is 1130. The van der Waals surface area contributed by atoms with Crippen molar-refractivity contribution in [3.63, 3.8) is 0 Å². The molecule has 182 valence electrons. The Balaban J connectivity index is 1.86. The Hall–Kier alpha value is -3.13. The molecule has 9 nitrogen and oxygen atoms in total. The van der Waals surface area contributed by atoms with Crippen LogP contribution in [0.1, 0.15) is 26.3 Å². The normalized spacial score (nSPS) is 15.2. The Labute approximate surface area is 200 Å². The fraction of sp³-hybridized carbons (Fsp3) is 0.417. The van der Waals surface area contributed by atoms with Gasteiger partial charge in [0.05, 0.1) is 41.1 Å². The fourth-order valence-electron chi connectivity index (χ4n) is 3.65. The molecule has 2 aromatic carbocycles. The van der Waals surface area contributed by atoms with Crippen molar-refractivity contribution in [3.8, 4) is 11.8 Å². The van der Waals surface area contributed by atoms with Gasteiger partial charge in [-0.3, -0.25) is 4.79 Å². The molecule has 1 amide bonds. The number of carbonyl (C=O) groups excluding carboxylic acids is 1. The third-order valence-electron chi connectivity index (χ3n) is 5.60. The Morgan fingerprint density at radius 2 is 1.82 bits per heavy atom. The number of hydrogen-bond acceptors (Lipinski definition) is 7. The van der Waals surface area contributed by atoms with Crippen LogP contribution in [0, 0.1) is 11.3 Å². The summed E-state index contributed by atoms with van der Waals surface area (Å²) in [6, 6.07) is 13.3. The van der Waals surface area contributed by atoms with Gasteiger partial charge in [0.25, 0.3) is 5.91 Å². The van der Waals surface area contributed by atoms with Gasteiger partial charge in [-0.1, -0.05) is 0 Å². The molecule has 2 aromatic rings. The molecule has 1 heterocycles. The minimum atomic E-state index is -3.73. The molecule has 0 aliphatic carbocycles. The van der Waals surface area contributed by atoms with E-state index in [9.17, 15) is 13.2 Å². The molecule has 1 atom stereocenters. The number of sulfonamides is 1. The molecule has 1 aliphatic rings. The monoisotopic (exact) mass is 486 g/mol. The zero-order chi connectivity index (χ0) is 24.7. The number of nitrogens with one attached hydrogen (secondary N) is 1. The minimum Gasteiger partial charge on any atom is -0.481 e. The Morgan fingerprint density at radius 1 is 1.18 bits per heavy atom. The number of ether oxygens (including phenoxy) is 2. The van der Waals surface area contributed by atoms with Crippen LogP contribution in [0.2, 0.25) is 0 Å². The van der Waals surface area contributed by atoms with Gasteiger partial charge in [-0.15, -0.1) is 0 Å². The van der Waals surface area contributed by atoms with Crippen LogP contribution in [0.5, 0.6) is 5.75 Å². The van der Waals surface area contributed by atoms with Crippen molar-refractivity contribution in [1.29, 1.82) is 5.26 Å². The van der Waals surface area contributed by atoms with Crippen LogP contribution in [0.4, 0.5) is 11.4 Å². The minimum absolute atomic E-state index is 0.112. The second-order valence-corrected chi connectivity index (χ2v) is 9.69. The van der Waals surface area contributed by atoms with Crippen molar-refractivity contribution in [1.82, 2.24) is 4.31 Å². The lowest BCUT2D eigenvalue weighted by Gasteiger charge is -2.28. The largest absolute Gasteiger partial charge is 0.481 e. The molecule has 0 saturated carbocycles. The molecule has 3 rings (SSSR count). The van der Waals surface area contributed by atoms with Gasteiger partial charge in [0, 0.05) is 26.2 Å². The van der Waals surface area contributed by atoms with Crippen molar-refractivity contribution in [3.05, 3.63) is 48.0 Å². The van der Waals surface area contributed by atoms with Crippen LogP contribution in [0.3, 0.4) is 0 Å². The summed E-state index contributed by atoms with van der Waals surface area (Å²) >= 11 is 0. The molecular weight excluding hydrogens is 456 g/mol. The van der Waals surface area contributed by atoms with Crippen molar-refractivity contribution in [2.45, 2.75) is 31.8 Å². The van der Waals surface area contributed by atoms with Gasteiger partial charge in [-0.25, -0.2) is 8.42 Å². The van der Waals surface area contributed by atoms with Crippen LogP contribution >= 0.6 is 0 Å². The first-order chi connectivity index (χ1) is 16.3. The summed E-state index contributed by atoms with van der Waals surface area (Å²) in [6.07, 6.45) is -0.850. The second kappa shape index (κ2) is 11.3. The van der Waals surface area contributed by atoms with Crippen LogP contribution in [0.15, 0.2) is 47.4 Å². The standard InChI is InChI=1S/C24H30N4O5S/c1-4-27(5-2)23-11-10-21(34(30,31)28-12-14-32-15-13-28)16-22(23)26-24(29)18(3)33-20-8-6-19(17-25)7-9-20/h6-11,16,18H,4-5,12-15H2,1-3H3,(H,26,29). The number of nitrogens with zero attached hydrogens (tertiary/aromatic N) is 3. The average Bonchev–Trinajstić information content (AvgIpc) is 2.86. The van der Waals surface area contributed by atoms with E-state index in [-0.39, 0.29) is 18.0 Å². The lowest BCUT2D eigenvalue weighted by Crippen LogP contribution is -2.40. The maximum atomic E-state index is 13.2. The van der Waals surface area contributed by atoms with E-state index in [1.165, 1.54) is 10.4 Å². The van der Waals surface area contributed by atoms with Crippen LogP contribution < -0.4 is 15.0 Å². The van der Waals surface area contributed by atoms with Crippen molar-refractivity contribution < 1.29 is 22.7 Å². The van der Waals surface area contributed by atoms with Gasteiger partial charge in [0.15, 0.2) is 6.10 Å². The molecule has 1 fully saturated rings. The Morgan fingerprint density at radius 3 is 2.41 bits per heavy atom. The third kappa shape index (κ3) is 5.86. The van der Waals surface area contributed by atoms with Gasteiger partial charge in [0.2, 0.25) is 10.0 Å². The molecule has 1 saturated heterocycles. The van der Waals surface area contributed by atoms with Crippen LogP contribution in [-0.4, -0.2) is 64.1 Å². The van der Waals surface area contributed by atoms with E-state index in [0.717, 1.165) is 5.69 Å². The van der Waals surface area contributed by atoms with Gasteiger partial charge in [-0.2, -0.15) is 9.57 Å². The number of amides is 1. The number of morpholine rings is 1. The summed E-state index contributed by atoms with van der Waals surface area (Å²) in [5, 5.41) is 11.8. The average molecular weight is 487 g/mol. The van der Waals surface area contributed by atoms with Crippen molar-refractivity contribution >= 4 is 27.3 Å². The van der Waals surface area contributed by atoms with Crippen LogP contribution in [0.25, 0.3) is 0 Å². The van der Waals surface area contributed by atoms with E-state index in [2.05, 4.69) is 5.32 Å². The van der Waals surface area contributed by atoms with Gasteiger partial charge >= 0.3 is 0 Å². The summed E-state index contributed by atoms with van der Waals surface area (Å²) in [6.45, 7) is 8.25. The summed E-state index contributed by atoms with van der Waals surface area (Å²) < 4.78 is 38.7. The first-order valence-corrected chi connectivity index (χ1v) is 12.7. The lowest BCUT2D eigenvalue weighted by atomic mass is 10.2. The Kier molecular flexibility index (Phi) is 8.50. The third-order valence-corrected chi connectivity index (χ3v) is 7.50. The van der Waals surface area contributed by atoms with Gasteiger partial charge in [-0.05, 0) is 63.2 Å². The summed E-state index contributed by atoms with van der Waals surface area (Å²) in [4.78, 5) is 15.1. The van der Waals surface area contributed by atoms with E-state index in [1.54, 1.807) is 43.3 Å². The molecule has 0 radical (unpaired) electrons. The quantitative estimate of drug-likeness (QED) is 0.580. The molecule has 1 unspecified atom stereocenters. The van der Waals surface area contributed by atoms with E-state index in [0.29, 0.717) is 43.3 Å². The molecule has 34 heavy (non-hydrogen) atoms.